The molecule has 0 aliphatic heterocycles. The monoisotopic (exact) mass is 313 g/mol. The fourth-order valence-corrected chi connectivity index (χ4v) is 2.53. The Hall–Kier alpha value is -1.26. The van der Waals surface area contributed by atoms with Gasteiger partial charge in [-0.15, -0.1) is 0 Å². The number of nitrogens with one attached hydrogen (secondary N) is 1. The quantitative estimate of drug-likeness (QED) is 0.776. The average Bonchev–Trinajstić information content (AvgIpc) is 2.46. The minimum Gasteiger partial charge on any atom is -0.496 e. The number of benzene rings is 1. The molecule has 0 radical (unpaired) electrons. The van der Waals surface area contributed by atoms with E-state index in [1.807, 2.05) is 13.8 Å². The van der Waals surface area contributed by atoms with E-state index in [0.717, 1.165) is 18.4 Å². The smallest absolute Gasteiger partial charge is 0.224 e. The number of halogens is 1. The maximum atomic E-state index is 12.0. The molecule has 0 saturated carbocycles. The molecular weight excluding hydrogens is 290 g/mol. The number of rotatable bonds is 8. The molecule has 0 bridgehead atoms. The predicted molar refractivity (Wildman–Crippen MR) is 84.8 cm³/mol. The lowest BCUT2D eigenvalue weighted by atomic mass is 9.96. The first kappa shape index (κ1) is 17.8. The van der Waals surface area contributed by atoms with Crippen LogP contribution in [0.4, 0.5) is 0 Å². The molecular formula is C16H24ClNO3. The molecule has 1 atom stereocenters. The van der Waals surface area contributed by atoms with E-state index in [1.165, 1.54) is 0 Å². The van der Waals surface area contributed by atoms with Crippen molar-refractivity contribution in [1.82, 2.24) is 5.32 Å². The number of aliphatic hydroxyl groups excluding tert-OH is 1. The summed E-state index contributed by atoms with van der Waals surface area (Å²) in [7, 11) is 1.56. The highest BCUT2D eigenvalue weighted by molar-refractivity contribution is 6.30. The summed E-state index contributed by atoms with van der Waals surface area (Å²) in [5.41, 5.74) is 0.736. The molecule has 0 aliphatic carbocycles. The van der Waals surface area contributed by atoms with E-state index in [1.54, 1.807) is 25.3 Å². The molecule has 0 saturated heterocycles. The minimum absolute atomic E-state index is 0.152. The molecule has 0 spiro atoms. The zero-order chi connectivity index (χ0) is 15.8. The summed E-state index contributed by atoms with van der Waals surface area (Å²) in [6, 6.07) is 5.18. The molecule has 0 aliphatic rings. The maximum absolute atomic E-state index is 12.0. The van der Waals surface area contributed by atoms with Crippen molar-refractivity contribution in [3.05, 3.63) is 28.8 Å². The molecule has 0 heterocycles. The van der Waals surface area contributed by atoms with Crippen LogP contribution in [0.25, 0.3) is 0 Å². The number of amides is 1. The van der Waals surface area contributed by atoms with Crippen molar-refractivity contribution >= 4 is 17.5 Å². The van der Waals surface area contributed by atoms with Gasteiger partial charge in [-0.2, -0.15) is 0 Å². The van der Waals surface area contributed by atoms with Gasteiger partial charge in [0.15, 0.2) is 0 Å². The van der Waals surface area contributed by atoms with Crippen molar-refractivity contribution in [3.8, 4) is 5.75 Å². The van der Waals surface area contributed by atoms with E-state index in [4.69, 9.17) is 16.3 Å². The molecule has 1 aromatic carbocycles. The van der Waals surface area contributed by atoms with Crippen molar-refractivity contribution in [3.63, 3.8) is 0 Å². The molecule has 1 unspecified atom stereocenters. The lowest BCUT2D eigenvalue weighted by Crippen LogP contribution is -2.36. The maximum Gasteiger partial charge on any atom is 0.224 e. The Morgan fingerprint density at radius 3 is 2.62 bits per heavy atom. The molecule has 1 amide bonds. The number of carbonyl (C=O) groups is 1. The molecule has 0 fully saturated rings. The van der Waals surface area contributed by atoms with Crippen molar-refractivity contribution in [2.75, 3.05) is 13.7 Å². The van der Waals surface area contributed by atoms with Crippen LogP contribution in [0.15, 0.2) is 18.2 Å². The van der Waals surface area contributed by atoms with Crippen LogP contribution in [0, 0.1) is 5.92 Å². The van der Waals surface area contributed by atoms with E-state index < -0.39 is 6.10 Å². The second-order valence-electron chi connectivity index (χ2n) is 5.08. The number of hydrogen-bond acceptors (Lipinski definition) is 3. The average molecular weight is 314 g/mol. The summed E-state index contributed by atoms with van der Waals surface area (Å²) < 4.78 is 5.21. The van der Waals surface area contributed by atoms with Crippen LogP contribution in [0.1, 0.15) is 32.3 Å². The molecule has 5 heteroatoms. The summed E-state index contributed by atoms with van der Waals surface area (Å²) in [6.07, 6.45) is 1.47. The van der Waals surface area contributed by atoms with Gasteiger partial charge >= 0.3 is 0 Å². The largest absolute Gasteiger partial charge is 0.496 e. The highest BCUT2D eigenvalue weighted by Crippen LogP contribution is 2.23. The highest BCUT2D eigenvalue weighted by Gasteiger charge is 2.17. The minimum atomic E-state index is -0.509. The standard InChI is InChI=1S/C16H24ClNO3/c1-4-11(5-2)14(19)10-18-16(20)9-12-8-13(17)6-7-15(12)21-3/h6-8,11,14,19H,4-5,9-10H2,1-3H3,(H,18,20). The zero-order valence-corrected chi connectivity index (χ0v) is 13.6. The predicted octanol–water partition coefficient (Wildman–Crippen LogP) is 2.80. The number of carbonyl (C=O) groups excluding carboxylic acids is 1. The third-order valence-corrected chi connectivity index (χ3v) is 3.93. The Kier molecular flexibility index (Phi) is 7.54. The van der Waals surface area contributed by atoms with Crippen LogP contribution < -0.4 is 10.1 Å². The number of hydrogen-bond donors (Lipinski definition) is 2. The van der Waals surface area contributed by atoms with Crippen LogP contribution in [0.5, 0.6) is 5.75 Å². The van der Waals surface area contributed by atoms with Crippen LogP contribution >= 0.6 is 11.6 Å². The van der Waals surface area contributed by atoms with Gasteiger partial charge in [-0.25, -0.2) is 0 Å². The van der Waals surface area contributed by atoms with Gasteiger partial charge in [0.2, 0.25) is 5.91 Å². The van der Waals surface area contributed by atoms with Crippen LogP contribution in [0.2, 0.25) is 5.02 Å². The van der Waals surface area contributed by atoms with Gasteiger partial charge in [0, 0.05) is 17.1 Å². The molecule has 4 nitrogen and oxygen atoms in total. The summed E-state index contributed by atoms with van der Waals surface area (Å²) in [4.78, 5) is 12.0. The summed E-state index contributed by atoms with van der Waals surface area (Å²) in [6.45, 7) is 4.35. The van der Waals surface area contributed by atoms with Gasteiger partial charge in [0.1, 0.15) is 5.75 Å². The first-order valence-electron chi connectivity index (χ1n) is 7.28. The summed E-state index contributed by atoms with van der Waals surface area (Å²) >= 11 is 5.94. The Labute approximate surface area is 131 Å². The van der Waals surface area contributed by atoms with E-state index in [9.17, 15) is 9.90 Å². The Morgan fingerprint density at radius 2 is 2.05 bits per heavy atom. The molecule has 2 N–H and O–H groups in total. The fourth-order valence-electron chi connectivity index (χ4n) is 2.34. The van der Waals surface area contributed by atoms with Crippen molar-refractivity contribution in [2.45, 2.75) is 39.2 Å². The van der Waals surface area contributed by atoms with Gasteiger partial charge in [0.05, 0.1) is 19.6 Å². The second kappa shape index (κ2) is 8.90. The van der Waals surface area contributed by atoms with E-state index in [-0.39, 0.29) is 24.8 Å². The Balaban J connectivity index is 2.56. The molecule has 1 rings (SSSR count). The third kappa shape index (κ3) is 5.56. The van der Waals surface area contributed by atoms with Crippen LogP contribution in [-0.4, -0.2) is 30.8 Å². The molecule has 118 valence electrons. The van der Waals surface area contributed by atoms with Gasteiger partial charge in [0.25, 0.3) is 0 Å². The topological polar surface area (TPSA) is 58.6 Å². The number of methoxy groups -OCH3 is 1. The van der Waals surface area contributed by atoms with Crippen molar-refractivity contribution in [1.29, 1.82) is 0 Å². The first-order chi connectivity index (χ1) is 10.0. The number of aliphatic hydroxyl groups is 1. The molecule has 21 heavy (non-hydrogen) atoms. The first-order valence-corrected chi connectivity index (χ1v) is 7.66. The second-order valence-corrected chi connectivity index (χ2v) is 5.52. The lowest BCUT2D eigenvalue weighted by molar-refractivity contribution is -0.121. The van der Waals surface area contributed by atoms with E-state index >= 15 is 0 Å². The van der Waals surface area contributed by atoms with Gasteiger partial charge in [-0.05, 0) is 24.1 Å². The van der Waals surface area contributed by atoms with Gasteiger partial charge < -0.3 is 15.2 Å². The van der Waals surface area contributed by atoms with E-state index in [2.05, 4.69) is 5.32 Å². The zero-order valence-electron chi connectivity index (χ0n) is 12.9. The van der Waals surface area contributed by atoms with Gasteiger partial charge in [-0.3, -0.25) is 4.79 Å². The highest BCUT2D eigenvalue weighted by atomic mass is 35.5. The summed E-state index contributed by atoms with van der Waals surface area (Å²) in [5.74, 6) is 0.696. The van der Waals surface area contributed by atoms with E-state index in [0.29, 0.717) is 10.8 Å². The van der Waals surface area contributed by atoms with Crippen molar-refractivity contribution in [2.24, 2.45) is 5.92 Å². The SMILES string of the molecule is CCC(CC)C(O)CNC(=O)Cc1cc(Cl)ccc1OC. The summed E-state index contributed by atoms with van der Waals surface area (Å²) in [5, 5.41) is 13.3. The lowest BCUT2D eigenvalue weighted by Gasteiger charge is -2.20. The third-order valence-electron chi connectivity index (χ3n) is 3.69. The number of ether oxygens (including phenoxy) is 1. The normalized spacial score (nSPS) is 12.3. The van der Waals surface area contributed by atoms with Crippen LogP contribution in [0.3, 0.4) is 0 Å². The molecule has 0 aromatic heterocycles. The van der Waals surface area contributed by atoms with Crippen LogP contribution in [-0.2, 0) is 11.2 Å². The van der Waals surface area contributed by atoms with Crippen molar-refractivity contribution < 1.29 is 14.6 Å². The van der Waals surface area contributed by atoms with Gasteiger partial charge in [-0.1, -0.05) is 38.3 Å². The fraction of sp³-hybridized carbons (Fsp3) is 0.562. The Bertz CT molecular complexity index is 461. The Morgan fingerprint density at radius 1 is 1.38 bits per heavy atom. The molecule has 1 aromatic rings.